The average Bonchev–Trinajstić information content (AvgIpc) is 2.51. The van der Waals surface area contributed by atoms with E-state index in [-0.39, 0.29) is 12.4 Å². The molecule has 0 unspecified atom stereocenters. The summed E-state index contributed by atoms with van der Waals surface area (Å²) in [7, 11) is -4.12. The molecule has 3 nitrogen and oxygen atoms in total. The molecule has 0 aliphatic carbocycles. The molecule has 0 aliphatic rings. The third-order valence-electron chi connectivity index (χ3n) is 2.94. The minimum absolute atomic E-state index is 0.0252. The molecule has 0 bridgehead atoms. The Balaban J connectivity index is 1.86. The Labute approximate surface area is 137 Å². The van der Waals surface area contributed by atoms with E-state index in [0.29, 0.717) is 23.1 Å². The lowest BCUT2D eigenvalue weighted by Gasteiger charge is -2.08. The van der Waals surface area contributed by atoms with Crippen LogP contribution in [-0.2, 0) is 15.8 Å². The van der Waals surface area contributed by atoms with Gasteiger partial charge in [-0.3, -0.25) is 0 Å². The van der Waals surface area contributed by atoms with Crippen LogP contribution in [0, 0.1) is 17.5 Å². The first-order chi connectivity index (χ1) is 10.9. The van der Waals surface area contributed by atoms with Crippen LogP contribution in [0.15, 0.2) is 47.4 Å². The van der Waals surface area contributed by atoms with Crippen LogP contribution < -0.4 is 4.72 Å². The Kier molecular flexibility index (Phi) is 6.09. The first-order valence-corrected chi connectivity index (χ1v) is 9.30. The van der Waals surface area contributed by atoms with Gasteiger partial charge in [-0.25, -0.2) is 26.3 Å². The normalized spacial score (nSPS) is 11.6. The first-order valence-electron chi connectivity index (χ1n) is 6.66. The van der Waals surface area contributed by atoms with E-state index in [2.05, 4.69) is 4.72 Å². The molecule has 2 rings (SSSR count). The number of halogens is 3. The summed E-state index contributed by atoms with van der Waals surface area (Å²) in [5.74, 6) is -1.41. The molecule has 0 aromatic heterocycles. The van der Waals surface area contributed by atoms with Crippen molar-refractivity contribution in [1.29, 1.82) is 0 Å². The minimum atomic E-state index is -4.12. The van der Waals surface area contributed by atoms with Crippen molar-refractivity contribution in [3.8, 4) is 0 Å². The molecule has 0 aliphatic heterocycles. The SMILES string of the molecule is O=S(=O)(NCCSCc1ccccc1F)c1cc(F)ccc1F. The van der Waals surface area contributed by atoms with E-state index in [1.54, 1.807) is 18.2 Å². The second kappa shape index (κ2) is 7.85. The van der Waals surface area contributed by atoms with E-state index in [0.717, 1.165) is 12.1 Å². The number of rotatable bonds is 7. The number of thioether (sulfide) groups is 1. The molecule has 0 spiro atoms. The van der Waals surface area contributed by atoms with Crippen LogP contribution in [0.5, 0.6) is 0 Å². The topological polar surface area (TPSA) is 46.2 Å². The summed E-state index contributed by atoms with van der Waals surface area (Å²) in [6.07, 6.45) is 0. The molecular weight excluding hydrogens is 347 g/mol. The lowest BCUT2D eigenvalue weighted by Crippen LogP contribution is -2.27. The van der Waals surface area contributed by atoms with Gasteiger partial charge in [-0.2, -0.15) is 11.8 Å². The van der Waals surface area contributed by atoms with E-state index in [1.807, 2.05) is 0 Å². The number of hydrogen-bond acceptors (Lipinski definition) is 3. The number of hydrogen-bond donors (Lipinski definition) is 1. The molecule has 0 radical (unpaired) electrons. The van der Waals surface area contributed by atoms with Crippen molar-refractivity contribution in [3.63, 3.8) is 0 Å². The highest BCUT2D eigenvalue weighted by Gasteiger charge is 2.19. The van der Waals surface area contributed by atoms with Gasteiger partial charge in [0.05, 0.1) is 0 Å². The monoisotopic (exact) mass is 361 g/mol. The largest absolute Gasteiger partial charge is 0.243 e. The summed E-state index contributed by atoms with van der Waals surface area (Å²) in [5, 5.41) is 0. The zero-order valence-electron chi connectivity index (χ0n) is 11.9. The third kappa shape index (κ3) is 4.98. The van der Waals surface area contributed by atoms with Crippen molar-refractivity contribution in [2.24, 2.45) is 0 Å². The lowest BCUT2D eigenvalue weighted by atomic mass is 10.2. The van der Waals surface area contributed by atoms with Gasteiger partial charge in [0, 0.05) is 18.1 Å². The molecule has 23 heavy (non-hydrogen) atoms. The molecule has 0 atom stereocenters. The highest BCUT2D eigenvalue weighted by Crippen LogP contribution is 2.17. The molecule has 2 aromatic rings. The van der Waals surface area contributed by atoms with Crippen LogP contribution >= 0.6 is 11.8 Å². The summed E-state index contributed by atoms with van der Waals surface area (Å²) >= 11 is 1.33. The van der Waals surface area contributed by atoms with Crippen molar-refractivity contribution in [2.75, 3.05) is 12.3 Å². The Bertz CT molecular complexity index is 782. The fraction of sp³-hybridized carbons (Fsp3) is 0.200. The zero-order valence-corrected chi connectivity index (χ0v) is 13.6. The summed E-state index contributed by atoms with van der Waals surface area (Å²) in [5.41, 5.74) is 0.525. The molecule has 0 amide bonds. The maximum atomic E-state index is 13.5. The fourth-order valence-electron chi connectivity index (χ4n) is 1.81. The molecule has 0 fully saturated rings. The highest BCUT2D eigenvalue weighted by atomic mass is 32.2. The Morgan fingerprint density at radius 1 is 1.00 bits per heavy atom. The van der Waals surface area contributed by atoms with Crippen molar-refractivity contribution in [1.82, 2.24) is 4.72 Å². The predicted octanol–water partition coefficient (Wildman–Crippen LogP) is 3.32. The Morgan fingerprint density at radius 3 is 2.48 bits per heavy atom. The molecule has 124 valence electrons. The van der Waals surface area contributed by atoms with Gasteiger partial charge in [0.15, 0.2) is 0 Å². The van der Waals surface area contributed by atoms with Crippen LogP contribution in [0.3, 0.4) is 0 Å². The summed E-state index contributed by atoms with van der Waals surface area (Å²) in [6.45, 7) is 0.0252. The van der Waals surface area contributed by atoms with E-state index >= 15 is 0 Å². The van der Waals surface area contributed by atoms with Gasteiger partial charge in [0.1, 0.15) is 22.3 Å². The van der Waals surface area contributed by atoms with Gasteiger partial charge < -0.3 is 0 Å². The van der Waals surface area contributed by atoms with Gasteiger partial charge in [0.2, 0.25) is 10.0 Å². The second-order valence-electron chi connectivity index (χ2n) is 4.62. The van der Waals surface area contributed by atoms with Crippen LogP contribution in [-0.4, -0.2) is 20.7 Å². The predicted molar refractivity (Wildman–Crippen MR) is 84.1 cm³/mol. The smallest absolute Gasteiger partial charge is 0.210 e. The number of nitrogens with one attached hydrogen (secondary N) is 1. The maximum Gasteiger partial charge on any atom is 0.243 e. The van der Waals surface area contributed by atoms with Crippen molar-refractivity contribution >= 4 is 21.8 Å². The summed E-state index contributed by atoms with van der Waals surface area (Å²) in [6, 6.07) is 8.54. The van der Waals surface area contributed by atoms with Gasteiger partial charge in [-0.05, 0) is 29.8 Å². The van der Waals surface area contributed by atoms with E-state index in [4.69, 9.17) is 0 Å². The molecule has 1 N–H and O–H groups in total. The number of benzene rings is 2. The van der Waals surface area contributed by atoms with Gasteiger partial charge in [-0.1, -0.05) is 18.2 Å². The molecular formula is C15H14F3NO2S2. The molecule has 0 saturated heterocycles. The van der Waals surface area contributed by atoms with Crippen LogP contribution in [0.2, 0.25) is 0 Å². The van der Waals surface area contributed by atoms with Crippen LogP contribution in [0.25, 0.3) is 0 Å². The second-order valence-corrected chi connectivity index (χ2v) is 7.46. The molecule has 2 aromatic carbocycles. The fourth-order valence-corrected chi connectivity index (χ4v) is 3.90. The van der Waals surface area contributed by atoms with Crippen LogP contribution in [0.1, 0.15) is 5.56 Å². The van der Waals surface area contributed by atoms with E-state index in [1.165, 1.54) is 17.8 Å². The van der Waals surface area contributed by atoms with Gasteiger partial charge in [0.25, 0.3) is 0 Å². The summed E-state index contributed by atoms with van der Waals surface area (Å²) in [4.78, 5) is -0.725. The highest BCUT2D eigenvalue weighted by molar-refractivity contribution is 7.98. The molecule has 8 heteroatoms. The third-order valence-corrected chi connectivity index (χ3v) is 5.42. The van der Waals surface area contributed by atoms with Crippen LogP contribution in [0.4, 0.5) is 13.2 Å². The average molecular weight is 361 g/mol. The quantitative estimate of drug-likeness (QED) is 0.770. The maximum absolute atomic E-state index is 13.5. The summed E-state index contributed by atoms with van der Waals surface area (Å²) < 4.78 is 65.9. The Morgan fingerprint density at radius 2 is 1.74 bits per heavy atom. The zero-order chi connectivity index (χ0) is 16.9. The Hall–Kier alpha value is -1.51. The van der Waals surface area contributed by atoms with Gasteiger partial charge in [-0.15, -0.1) is 0 Å². The minimum Gasteiger partial charge on any atom is -0.210 e. The van der Waals surface area contributed by atoms with Gasteiger partial charge >= 0.3 is 0 Å². The first kappa shape index (κ1) is 17.8. The number of sulfonamides is 1. The molecule has 0 heterocycles. The standard InChI is InChI=1S/C15H14F3NO2S2/c16-12-5-6-14(18)15(9-12)23(20,21)19-7-8-22-10-11-3-1-2-4-13(11)17/h1-6,9,19H,7-8,10H2. The lowest BCUT2D eigenvalue weighted by molar-refractivity contribution is 0.547. The van der Waals surface area contributed by atoms with Crippen molar-refractivity contribution in [2.45, 2.75) is 10.6 Å². The molecule has 0 saturated carbocycles. The van der Waals surface area contributed by atoms with E-state index in [9.17, 15) is 21.6 Å². The van der Waals surface area contributed by atoms with Crippen molar-refractivity contribution in [3.05, 3.63) is 65.5 Å². The van der Waals surface area contributed by atoms with Crippen molar-refractivity contribution < 1.29 is 21.6 Å². The van der Waals surface area contributed by atoms with E-state index < -0.39 is 26.6 Å².